The van der Waals surface area contributed by atoms with Crippen molar-refractivity contribution >= 4 is 46.9 Å². The molecule has 2 aliphatic rings. The lowest BCUT2D eigenvalue weighted by Gasteiger charge is -2.13. The van der Waals surface area contributed by atoms with Gasteiger partial charge in [0.05, 0.1) is 0 Å². The normalized spacial score (nSPS) is 13.4. The molecule has 0 aliphatic carbocycles. The number of nitrogen functional groups attached to an aromatic ring is 1. The van der Waals surface area contributed by atoms with Crippen LogP contribution >= 0.6 is 0 Å². The molecule has 0 unspecified atom stereocenters. The Morgan fingerprint density at radius 1 is 0.605 bits per heavy atom. The molecule has 2 heterocycles. The second-order valence-corrected chi connectivity index (χ2v) is 9.66. The average Bonchev–Trinajstić information content (AvgIpc) is 3.48. The van der Waals surface area contributed by atoms with Gasteiger partial charge in [-0.05, 0) is 49.9 Å². The van der Waals surface area contributed by atoms with E-state index in [9.17, 15) is 28.8 Å². The zero-order chi connectivity index (χ0) is 31.5. The van der Waals surface area contributed by atoms with Gasteiger partial charge in [-0.25, -0.2) is 0 Å². The Hall–Kier alpha value is -5.06. The number of benzene rings is 2. The molecule has 228 valence electrons. The van der Waals surface area contributed by atoms with E-state index >= 15 is 0 Å². The molecule has 0 saturated carbocycles. The van der Waals surface area contributed by atoms with E-state index in [0.29, 0.717) is 38.8 Å². The fourth-order valence-electron chi connectivity index (χ4n) is 3.96. The minimum absolute atomic E-state index is 0.0174. The van der Waals surface area contributed by atoms with Crippen molar-refractivity contribution in [3.8, 4) is 0 Å². The number of nitrogens with two attached hydrogens (primary N) is 1. The number of unbranched alkanes of at least 4 members (excludes halogenated alkanes) is 4. The molecule has 2 aromatic carbocycles. The highest BCUT2D eigenvalue weighted by Gasteiger charge is 2.23. The van der Waals surface area contributed by atoms with Crippen LogP contribution in [0.25, 0.3) is 0 Å². The van der Waals surface area contributed by atoms with E-state index in [4.69, 9.17) is 10.8 Å². The van der Waals surface area contributed by atoms with Gasteiger partial charge < -0.3 is 16.2 Å². The van der Waals surface area contributed by atoms with E-state index < -0.39 is 5.97 Å². The van der Waals surface area contributed by atoms with E-state index in [0.717, 1.165) is 30.6 Å². The molecule has 0 atom stereocenters. The highest BCUT2D eigenvalue weighted by atomic mass is 16.4. The van der Waals surface area contributed by atoms with Crippen LogP contribution in [-0.4, -0.2) is 63.5 Å². The number of hydrogen-bond acceptors (Lipinski definition) is 7. The molecule has 2 aromatic rings. The predicted molar refractivity (Wildman–Crippen MR) is 162 cm³/mol. The van der Waals surface area contributed by atoms with E-state index in [1.165, 1.54) is 34.1 Å². The molecule has 4 rings (SSSR count). The quantitative estimate of drug-likeness (QED) is 0.179. The number of carboxylic acid groups (broad SMARTS) is 1. The van der Waals surface area contributed by atoms with Gasteiger partial charge in [0.2, 0.25) is 5.91 Å². The second kappa shape index (κ2) is 19.1. The summed E-state index contributed by atoms with van der Waals surface area (Å²) in [4.78, 5) is 69.1. The van der Waals surface area contributed by atoms with Gasteiger partial charge in [-0.15, -0.1) is 0 Å². The lowest BCUT2D eigenvalue weighted by Crippen LogP contribution is -2.30. The Kier molecular flexibility index (Phi) is 15.2. The number of aliphatic carboxylic acids is 1. The molecule has 0 saturated heterocycles. The van der Waals surface area contributed by atoms with Crippen LogP contribution in [0.5, 0.6) is 0 Å². The fourth-order valence-corrected chi connectivity index (χ4v) is 3.96. The molecule has 11 heteroatoms. The third-order valence-corrected chi connectivity index (χ3v) is 6.22. The number of nitrogens with zero attached hydrogens (tertiary/aromatic N) is 2. The fraction of sp³-hybridized carbons (Fsp3) is 0.312. The molecule has 11 nitrogen and oxygen atoms in total. The number of amides is 5. The smallest absolute Gasteiger partial charge is 0.303 e. The van der Waals surface area contributed by atoms with Crippen molar-refractivity contribution in [1.82, 2.24) is 9.80 Å². The van der Waals surface area contributed by atoms with E-state index in [2.05, 4.69) is 5.32 Å². The van der Waals surface area contributed by atoms with Gasteiger partial charge in [-0.2, -0.15) is 0 Å². The minimum Gasteiger partial charge on any atom is -0.481 e. The van der Waals surface area contributed by atoms with Gasteiger partial charge in [0.25, 0.3) is 23.6 Å². The molecule has 0 bridgehead atoms. The largest absolute Gasteiger partial charge is 0.481 e. The summed E-state index contributed by atoms with van der Waals surface area (Å²) in [6.07, 6.45) is 9.87. The van der Waals surface area contributed by atoms with Crippen molar-refractivity contribution in [2.45, 2.75) is 51.4 Å². The van der Waals surface area contributed by atoms with Crippen molar-refractivity contribution in [2.24, 2.45) is 0 Å². The van der Waals surface area contributed by atoms with Crippen molar-refractivity contribution in [3.63, 3.8) is 0 Å². The maximum Gasteiger partial charge on any atom is 0.303 e. The minimum atomic E-state index is -0.815. The number of imide groups is 2. The van der Waals surface area contributed by atoms with Gasteiger partial charge >= 0.3 is 5.97 Å². The number of rotatable bonds is 13. The molecule has 0 aromatic heterocycles. The summed E-state index contributed by atoms with van der Waals surface area (Å²) in [7, 11) is 0. The zero-order valence-corrected chi connectivity index (χ0v) is 24.0. The maximum atomic E-state index is 11.7. The van der Waals surface area contributed by atoms with Gasteiger partial charge in [0.1, 0.15) is 0 Å². The topological polar surface area (TPSA) is 167 Å². The van der Waals surface area contributed by atoms with Crippen LogP contribution in [0.15, 0.2) is 85.0 Å². The van der Waals surface area contributed by atoms with Gasteiger partial charge in [-0.1, -0.05) is 49.2 Å². The summed E-state index contributed by atoms with van der Waals surface area (Å²) in [6.45, 7) is 0.801. The first kappa shape index (κ1) is 34.1. The molecule has 4 N–H and O–H groups in total. The Labute approximate surface area is 251 Å². The number of carbonyl (C=O) groups is 6. The third kappa shape index (κ3) is 13.9. The van der Waals surface area contributed by atoms with Crippen LogP contribution in [0.2, 0.25) is 0 Å². The van der Waals surface area contributed by atoms with Crippen molar-refractivity contribution in [2.75, 3.05) is 24.1 Å². The molecule has 0 radical (unpaired) electrons. The SMILES string of the molecule is Nc1ccccc1.O=C(CCCCCN1C(=O)C=CC1=O)Nc1ccccc1.O=C(O)CCCCCN1C(=O)C=CC1=O. The van der Waals surface area contributed by atoms with Crippen LogP contribution in [0.1, 0.15) is 51.4 Å². The first-order valence-corrected chi connectivity index (χ1v) is 14.1. The number of carbonyl (C=O) groups excluding carboxylic acids is 5. The molecule has 43 heavy (non-hydrogen) atoms. The first-order valence-electron chi connectivity index (χ1n) is 14.1. The van der Waals surface area contributed by atoms with Gasteiger partial charge in [0.15, 0.2) is 0 Å². The molecular weight excluding hydrogens is 552 g/mol. The van der Waals surface area contributed by atoms with Crippen molar-refractivity contribution in [3.05, 3.63) is 85.0 Å². The number of para-hydroxylation sites is 2. The van der Waals surface area contributed by atoms with E-state index in [1.54, 1.807) is 0 Å². The third-order valence-electron chi connectivity index (χ3n) is 6.22. The summed E-state index contributed by atoms with van der Waals surface area (Å²) >= 11 is 0. The Morgan fingerprint density at radius 3 is 1.42 bits per heavy atom. The van der Waals surface area contributed by atoms with Crippen LogP contribution < -0.4 is 11.1 Å². The molecule has 5 amide bonds. The van der Waals surface area contributed by atoms with Crippen LogP contribution in [0.4, 0.5) is 11.4 Å². The second-order valence-electron chi connectivity index (χ2n) is 9.66. The van der Waals surface area contributed by atoms with E-state index in [-0.39, 0.29) is 36.0 Å². The summed E-state index contributed by atoms with van der Waals surface area (Å²) in [5.41, 5.74) is 6.97. The van der Waals surface area contributed by atoms with Crippen LogP contribution in [-0.2, 0) is 28.8 Å². The zero-order valence-electron chi connectivity index (χ0n) is 24.0. The number of anilines is 2. The lowest BCUT2D eigenvalue weighted by atomic mass is 10.1. The lowest BCUT2D eigenvalue weighted by molar-refractivity contribution is -0.138. The standard InChI is InChI=1S/C16H18N2O3.C10H13NO4.C6H7N/c19-14(17-13-7-3-1-4-8-13)9-5-2-6-12-18-15(20)10-11-16(18)21;12-8-5-6-9(13)11(8)7-3-1-2-4-10(14)15;7-6-4-2-1-3-5-6/h1,3-4,7-8,10-11H,2,5-6,9,12H2,(H,17,19);5-6H,1-4,7H2,(H,14,15);1-5H,7H2. The number of nitrogens with one attached hydrogen (secondary N) is 1. The van der Waals surface area contributed by atoms with Gasteiger partial charge in [-0.3, -0.25) is 38.6 Å². The number of carboxylic acids is 1. The Morgan fingerprint density at radius 2 is 1.02 bits per heavy atom. The average molecular weight is 591 g/mol. The summed E-state index contributed by atoms with van der Waals surface area (Å²) in [5.74, 6) is -1.89. The van der Waals surface area contributed by atoms with Crippen molar-refractivity contribution < 1.29 is 33.9 Å². The molecule has 0 fully saturated rings. The van der Waals surface area contributed by atoms with Crippen molar-refractivity contribution in [1.29, 1.82) is 0 Å². The van der Waals surface area contributed by atoms with Crippen LogP contribution in [0, 0.1) is 0 Å². The number of hydrogen-bond donors (Lipinski definition) is 3. The van der Waals surface area contributed by atoms with Crippen LogP contribution in [0.3, 0.4) is 0 Å². The molecule has 2 aliphatic heterocycles. The summed E-state index contributed by atoms with van der Waals surface area (Å²) in [6, 6.07) is 18.8. The monoisotopic (exact) mass is 590 g/mol. The predicted octanol–water partition coefficient (Wildman–Crippen LogP) is 3.94. The Bertz CT molecular complexity index is 1260. The highest BCUT2D eigenvalue weighted by molar-refractivity contribution is 6.13. The molecular formula is C32H38N4O7. The van der Waals surface area contributed by atoms with Gasteiger partial charge in [0, 0.05) is 61.6 Å². The maximum absolute atomic E-state index is 11.7. The summed E-state index contributed by atoms with van der Waals surface area (Å²) in [5, 5.41) is 11.2. The van der Waals surface area contributed by atoms with E-state index in [1.807, 2.05) is 60.7 Å². The molecule has 0 spiro atoms. The first-order chi connectivity index (χ1) is 20.7. The highest BCUT2D eigenvalue weighted by Crippen LogP contribution is 2.10. The Balaban J connectivity index is 0.000000254. The summed E-state index contributed by atoms with van der Waals surface area (Å²) < 4.78 is 0.